The highest BCUT2D eigenvalue weighted by Crippen LogP contribution is 2.09. The number of nitrogens with zero attached hydrogens (tertiary/aromatic N) is 3. The van der Waals surface area contributed by atoms with Gasteiger partial charge in [0.05, 0.1) is 0 Å². The van der Waals surface area contributed by atoms with Crippen LogP contribution < -0.4 is 11.1 Å². The maximum absolute atomic E-state index is 5.85. The number of hydrogen-bond acceptors (Lipinski definition) is 2. The van der Waals surface area contributed by atoms with E-state index in [1.807, 2.05) is 29.1 Å². The van der Waals surface area contributed by atoms with Crippen LogP contribution in [0.4, 0.5) is 5.69 Å². The van der Waals surface area contributed by atoms with Gasteiger partial charge in [-0.05, 0) is 36.6 Å². The zero-order chi connectivity index (χ0) is 14.2. The zero-order valence-electron chi connectivity index (χ0n) is 11.8. The zero-order valence-corrected chi connectivity index (χ0v) is 11.8. The average Bonchev–Trinajstić information content (AvgIpc) is 2.98. The van der Waals surface area contributed by atoms with E-state index in [1.54, 1.807) is 6.20 Å². The molecule has 0 atom stereocenters. The minimum atomic E-state index is 0.453. The van der Waals surface area contributed by atoms with E-state index < -0.39 is 0 Å². The number of aryl methyl sites for hydroxylation is 2. The van der Waals surface area contributed by atoms with Crippen molar-refractivity contribution in [1.82, 2.24) is 9.78 Å². The molecule has 3 N–H and O–H groups in total. The number of aromatic nitrogens is 2. The molecular formula is C15H21N5. The van der Waals surface area contributed by atoms with Crippen LogP contribution in [0.2, 0.25) is 0 Å². The summed E-state index contributed by atoms with van der Waals surface area (Å²) in [5, 5.41) is 7.23. The fraction of sp³-hybridized carbons (Fsp3) is 0.333. The third-order valence-electron chi connectivity index (χ3n) is 3.02. The standard InChI is InChI=1S/C15H21N5/c1-2-13-5-7-14(8-6-13)19-15(16)17-9-3-11-20-12-4-10-18-20/h4-8,10,12H,2-3,9,11H2,1H3,(H3,16,17,19). The Morgan fingerprint density at radius 1 is 1.35 bits per heavy atom. The molecular weight excluding hydrogens is 250 g/mol. The van der Waals surface area contributed by atoms with Crippen molar-refractivity contribution in [3.05, 3.63) is 48.3 Å². The Labute approximate surface area is 119 Å². The van der Waals surface area contributed by atoms with Crippen molar-refractivity contribution in [2.75, 3.05) is 11.9 Å². The van der Waals surface area contributed by atoms with Crippen LogP contribution in [-0.4, -0.2) is 22.3 Å². The summed E-state index contributed by atoms with van der Waals surface area (Å²) in [5.74, 6) is 0.453. The summed E-state index contributed by atoms with van der Waals surface area (Å²) in [5.41, 5.74) is 8.13. The summed E-state index contributed by atoms with van der Waals surface area (Å²) in [7, 11) is 0. The maximum Gasteiger partial charge on any atom is 0.193 e. The lowest BCUT2D eigenvalue weighted by Crippen LogP contribution is -2.23. The van der Waals surface area contributed by atoms with E-state index in [0.29, 0.717) is 12.5 Å². The second-order valence-electron chi connectivity index (χ2n) is 4.57. The van der Waals surface area contributed by atoms with Gasteiger partial charge < -0.3 is 11.1 Å². The fourth-order valence-electron chi connectivity index (χ4n) is 1.88. The molecule has 106 valence electrons. The number of rotatable bonds is 6. The topological polar surface area (TPSA) is 68.2 Å². The number of nitrogens with two attached hydrogens (primary N) is 1. The SMILES string of the molecule is CCc1ccc(NC(N)=NCCCn2cccn2)cc1. The maximum atomic E-state index is 5.85. The molecule has 0 radical (unpaired) electrons. The number of aliphatic imine (C=N–C) groups is 1. The average molecular weight is 271 g/mol. The van der Waals surface area contributed by atoms with Gasteiger partial charge in [0.15, 0.2) is 5.96 Å². The number of hydrogen-bond donors (Lipinski definition) is 2. The Balaban J connectivity index is 1.75. The highest BCUT2D eigenvalue weighted by Gasteiger charge is 1.96. The Kier molecular flexibility index (Phi) is 5.17. The number of benzene rings is 1. The fourth-order valence-corrected chi connectivity index (χ4v) is 1.88. The van der Waals surface area contributed by atoms with E-state index in [4.69, 9.17) is 5.73 Å². The van der Waals surface area contributed by atoms with Crippen LogP contribution >= 0.6 is 0 Å². The van der Waals surface area contributed by atoms with Gasteiger partial charge in [-0.1, -0.05) is 19.1 Å². The van der Waals surface area contributed by atoms with E-state index in [0.717, 1.165) is 25.1 Å². The summed E-state index contributed by atoms with van der Waals surface area (Å²) >= 11 is 0. The first kappa shape index (κ1) is 14.1. The number of nitrogens with one attached hydrogen (secondary N) is 1. The molecule has 2 rings (SSSR count). The summed E-state index contributed by atoms with van der Waals surface area (Å²) < 4.78 is 1.89. The van der Waals surface area contributed by atoms with Gasteiger partial charge in [-0.25, -0.2) is 0 Å². The van der Waals surface area contributed by atoms with Crippen LogP contribution in [0.5, 0.6) is 0 Å². The van der Waals surface area contributed by atoms with Crippen molar-refractivity contribution in [1.29, 1.82) is 0 Å². The van der Waals surface area contributed by atoms with E-state index in [-0.39, 0.29) is 0 Å². The first-order chi connectivity index (χ1) is 9.78. The lowest BCUT2D eigenvalue weighted by molar-refractivity contribution is 0.585. The van der Waals surface area contributed by atoms with Gasteiger partial charge in [-0.2, -0.15) is 5.10 Å². The summed E-state index contributed by atoms with van der Waals surface area (Å²) in [6.07, 6.45) is 5.68. The molecule has 0 saturated heterocycles. The third-order valence-corrected chi connectivity index (χ3v) is 3.02. The summed E-state index contributed by atoms with van der Waals surface area (Å²) in [6, 6.07) is 10.1. The predicted molar refractivity (Wildman–Crippen MR) is 82.8 cm³/mol. The van der Waals surface area contributed by atoms with Gasteiger partial charge in [0, 0.05) is 31.2 Å². The van der Waals surface area contributed by atoms with E-state index in [9.17, 15) is 0 Å². The van der Waals surface area contributed by atoms with E-state index in [2.05, 4.69) is 34.5 Å². The molecule has 0 spiro atoms. The van der Waals surface area contributed by atoms with Gasteiger partial charge in [0.2, 0.25) is 0 Å². The first-order valence-corrected chi connectivity index (χ1v) is 6.91. The van der Waals surface area contributed by atoms with Crippen LogP contribution in [0, 0.1) is 0 Å². The second-order valence-corrected chi connectivity index (χ2v) is 4.57. The smallest absolute Gasteiger partial charge is 0.193 e. The molecule has 0 amide bonds. The Morgan fingerprint density at radius 2 is 2.15 bits per heavy atom. The summed E-state index contributed by atoms with van der Waals surface area (Å²) in [6.45, 7) is 3.68. The van der Waals surface area contributed by atoms with Crippen LogP contribution in [0.15, 0.2) is 47.7 Å². The van der Waals surface area contributed by atoms with Gasteiger partial charge >= 0.3 is 0 Å². The van der Waals surface area contributed by atoms with Crippen LogP contribution in [0.25, 0.3) is 0 Å². The molecule has 0 aliphatic rings. The van der Waals surface area contributed by atoms with Crippen molar-refractivity contribution in [2.24, 2.45) is 10.7 Å². The molecule has 5 nitrogen and oxygen atoms in total. The lowest BCUT2D eigenvalue weighted by Gasteiger charge is -2.06. The number of anilines is 1. The second kappa shape index (κ2) is 7.33. The molecule has 2 aromatic rings. The van der Waals surface area contributed by atoms with Crippen molar-refractivity contribution in [3.8, 4) is 0 Å². The Hall–Kier alpha value is -2.30. The molecule has 0 unspecified atom stereocenters. The normalized spacial score (nSPS) is 11.6. The lowest BCUT2D eigenvalue weighted by atomic mass is 10.1. The molecule has 1 aromatic carbocycles. The highest BCUT2D eigenvalue weighted by atomic mass is 15.3. The van der Waals surface area contributed by atoms with Crippen molar-refractivity contribution >= 4 is 11.6 Å². The monoisotopic (exact) mass is 271 g/mol. The number of guanidine groups is 1. The molecule has 0 bridgehead atoms. The van der Waals surface area contributed by atoms with Crippen LogP contribution in [0.3, 0.4) is 0 Å². The van der Waals surface area contributed by atoms with Gasteiger partial charge in [-0.15, -0.1) is 0 Å². The van der Waals surface area contributed by atoms with Gasteiger partial charge in [0.25, 0.3) is 0 Å². The van der Waals surface area contributed by atoms with E-state index >= 15 is 0 Å². The predicted octanol–water partition coefficient (Wildman–Crippen LogP) is 2.26. The Bertz CT molecular complexity index is 528. The van der Waals surface area contributed by atoms with Crippen molar-refractivity contribution in [2.45, 2.75) is 26.3 Å². The van der Waals surface area contributed by atoms with Gasteiger partial charge in [-0.3, -0.25) is 9.67 Å². The first-order valence-electron chi connectivity index (χ1n) is 6.91. The van der Waals surface area contributed by atoms with Crippen LogP contribution in [-0.2, 0) is 13.0 Å². The molecule has 1 aromatic heterocycles. The molecule has 20 heavy (non-hydrogen) atoms. The highest BCUT2D eigenvalue weighted by molar-refractivity contribution is 5.92. The minimum Gasteiger partial charge on any atom is -0.370 e. The van der Waals surface area contributed by atoms with E-state index in [1.165, 1.54) is 5.56 Å². The van der Waals surface area contributed by atoms with Crippen LogP contribution in [0.1, 0.15) is 18.9 Å². The minimum absolute atomic E-state index is 0.453. The quantitative estimate of drug-likeness (QED) is 0.481. The molecule has 5 heteroatoms. The van der Waals surface area contributed by atoms with Gasteiger partial charge in [0.1, 0.15) is 0 Å². The largest absolute Gasteiger partial charge is 0.370 e. The molecule has 0 aliphatic heterocycles. The van der Waals surface area contributed by atoms with Crippen molar-refractivity contribution in [3.63, 3.8) is 0 Å². The summed E-state index contributed by atoms with van der Waals surface area (Å²) in [4.78, 5) is 4.30. The molecule has 1 heterocycles. The van der Waals surface area contributed by atoms with Crippen molar-refractivity contribution < 1.29 is 0 Å². The third kappa shape index (κ3) is 4.42. The molecule has 0 aliphatic carbocycles. The Morgan fingerprint density at radius 3 is 2.80 bits per heavy atom. The molecule has 0 saturated carbocycles. The molecule has 0 fully saturated rings.